The molecule has 0 spiro atoms. The fourth-order valence-electron chi connectivity index (χ4n) is 2.12. The van der Waals surface area contributed by atoms with E-state index in [2.05, 4.69) is 0 Å². The Hall–Kier alpha value is -2.70. The summed E-state index contributed by atoms with van der Waals surface area (Å²) in [5, 5.41) is 29.3. The van der Waals surface area contributed by atoms with E-state index in [4.69, 9.17) is 9.47 Å². The summed E-state index contributed by atoms with van der Waals surface area (Å²) in [6.45, 7) is 1.01. The Morgan fingerprint density at radius 3 is 1.84 bits per heavy atom. The number of allylic oxidation sites excluding steroid dienone is 2. The zero-order valence-corrected chi connectivity index (χ0v) is 9.68. The highest BCUT2D eigenvalue weighted by molar-refractivity contribution is 6.28. The molecule has 1 heterocycles. The van der Waals surface area contributed by atoms with E-state index in [0.717, 1.165) is 0 Å². The number of hydrogen-bond donors (Lipinski definition) is 3. The van der Waals surface area contributed by atoms with Crippen molar-refractivity contribution < 1.29 is 34.4 Å². The molecule has 0 saturated heterocycles. The maximum Gasteiger partial charge on any atom is 0.236 e. The van der Waals surface area contributed by atoms with Gasteiger partial charge in [-0.3, -0.25) is 9.59 Å². The van der Waals surface area contributed by atoms with E-state index < -0.39 is 34.4 Å². The van der Waals surface area contributed by atoms with Crippen LogP contribution in [0.2, 0.25) is 0 Å². The summed E-state index contributed by atoms with van der Waals surface area (Å²) in [6.07, 6.45) is 0. The van der Waals surface area contributed by atoms with Gasteiger partial charge in [-0.1, -0.05) is 0 Å². The third kappa shape index (κ3) is 1.21. The van der Waals surface area contributed by atoms with Gasteiger partial charge in [-0.25, -0.2) is 0 Å². The van der Waals surface area contributed by atoms with Gasteiger partial charge in [-0.15, -0.1) is 0 Å². The number of ketones is 2. The first kappa shape index (κ1) is 11.4. The summed E-state index contributed by atoms with van der Waals surface area (Å²) in [6, 6.07) is 0. The van der Waals surface area contributed by atoms with Crippen LogP contribution in [0.5, 0.6) is 17.2 Å². The molecule has 1 aromatic rings. The lowest BCUT2D eigenvalue weighted by molar-refractivity contribution is 0.0600. The van der Waals surface area contributed by atoms with E-state index in [9.17, 15) is 24.9 Å². The number of aromatic hydroxyl groups is 3. The van der Waals surface area contributed by atoms with E-state index in [1.807, 2.05) is 0 Å². The van der Waals surface area contributed by atoms with Crippen molar-refractivity contribution >= 4 is 11.6 Å². The van der Waals surface area contributed by atoms with E-state index in [1.54, 1.807) is 0 Å². The molecule has 0 fully saturated rings. The summed E-state index contributed by atoms with van der Waals surface area (Å²) in [5.74, 6) is -4.17. The van der Waals surface area contributed by atoms with Gasteiger partial charge in [-0.05, 0) is 6.92 Å². The van der Waals surface area contributed by atoms with Crippen LogP contribution in [0, 0.1) is 6.92 Å². The average Bonchev–Trinajstić information content (AvgIpc) is 2.87. The molecular formula is C12H8O7. The predicted molar refractivity (Wildman–Crippen MR) is 58.9 cm³/mol. The van der Waals surface area contributed by atoms with Gasteiger partial charge in [0.25, 0.3) is 0 Å². The maximum absolute atomic E-state index is 12.1. The van der Waals surface area contributed by atoms with E-state index in [0.29, 0.717) is 0 Å². The number of carbonyl (C=O) groups is 2. The molecule has 0 bridgehead atoms. The molecule has 1 aliphatic carbocycles. The van der Waals surface area contributed by atoms with Gasteiger partial charge in [0.15, 0.2) is 11.5 Å². The number of benzene rings is 1. The van der Waals surface area contributed by atoms with Crippen LogP contribution in [-0.2, 0) is 9.47 Å². The summed E-state index contributed by atoms with van der Waals surface area (Å²) >= 11 is 0. The Kier molecular flexibility index (Phi) is 2.04. The van der Waals surface area contributed by atoms with Crippen molar-refractivity contribution in [2.45, 2.75) is 6.92 Å². The van der Waals surface area contributed by atoms with E-state index >= 15 is 0 Å². The van der Waals surface area contributed by atoms with Crippen LogP contribution in [0.3, 0.4) is 0 Å². The SMILES string of the molecule is Cc1c(O)c(O)c2c(c1O)C(=O)C1=C(OCO1)C2=O. The van der Waals surface area contributed by atoms with Crippen molar-refractivity contribution in [1.82, 2.24) is 0 Å². The molecule has 1 aliphatic heterocycles. The van der Waals surface area contributed by atoms with Crippen molar-refractivity contribution in [2.24, 2.45) is 0 Å². The third-order valence-corrected chi connectivity index (χ3v) is 3.14. The van der Waals surface area contributed by atoms with Crippen LogP contribution in [0.4, 0.5) is 0 Å². The number of ether oxygens (including phenoxy) is 2. The van der Waals surface area contributed by atoms with Gasteiger partial charge < -0.3 is 24.8 Å². The van der Waals surface area contributed by atoms with Gasteiger partial charge in [0.05, 0.1) is 11.1 Å². The number of Topliss-reactive ketones (excluding diaryl/α,β-unsaturated/α-hetero) is 2. The molecule has 98 valence electrons. The topological polar surface area (TPSA) is 113 Å². The normalized spacial score (nSPS) is 16.9. The van der Waals surface area contributed by atoms with Crippen molar-refractivity contribution in [3.63, 3.8) is 0 Å². The molecule has 3 rings (SSSR count). The second-order valence-electron chi connectivity index (χ2n) is 4.14. The van der Waals surface area contributed by atoms with Crippen molar-refractivity contribution in [1.29, 1.82) is 0 Å². The smallest absolute Gasteiger partial charge is 0.236 e. The minimum atomic E-state index is -0.815. The molecule has 0 saturated carbocycles. The van der Waals surface area contributed by atoms with Crippen LogP contribution in [0.1, 0.15) is 26.3 Å². The molecule has 0 amide bonds. The first-order chi connectivity index (χ1) is 8.95. The number of carbonyl (C=O) groups excluding carboxylic acids is 2. The number of phenols is 3. The molecule has 7 heteroatoms. The van der Waals surface area contributed by atoms with E-state index in [-0.39, 0.29) is 29.4 Å². The lowest BCUT2D eigenvalue weighted by Gasteiger charge is -2.18. The summed E-state index contributed by atoms with van der Waals surface area (Å²) < 4.78 is 9.77. The minimum absolute atomic E-state index is 0.0969. The fraction of sp³-hybridized carbons (Fsp3) is 0.167. The molecule has 0 radical (unpaired) electrons. The second kappa shape index (κ2) is 3.41. The largest absolute Gasteiger partial charge is 0.507 e. The molecule has 0 unspecified atom stereocenters. The fourth-order valence-corrected chi connectivity index (χ4v) is 2.12. The highest BCUT2D eigenvalue weighted by atomic mass is 16.7. The van der Waals surface area contributed by atoms with Crippen LogP contribution in [0.15, 0.2) is 11.5 Å². The molecule has 3 N–H and O–H groups in total. The van der Waals surface area contributed by atoms with Crippen molar-refractivity contribution in [3.8, 4) is 17.2 Å². The molecule has 0 aromatic heterocycles. The Bertz CT molecular complexity index is 627. The maximum atomic E-state index is 12.1. The zero-order chi connectivity index (χ0) is 13.9. The summed E-state index contributed by atoms with van der Waals surface area (Å²) in [5.41, 5.74) is -0.961. The van der Waals surface area contributed by atoms with Gasteiger partial charge >= 0.3 is 0 Å². The molecular weight excluding hydrogens is 256 g/mol. The van der Waals surface area contributed by atoms with Crippen LogP contribution < -0.4 is 0 Å². The van der Waals surface area contributed by atoms with Crippen molar-refractivity contribution in [3.05, 3.63) is 28.2 Å². The molecule has 2 aliphatic rings. The lowest BCUT2D eigenvalue weighted by atomic mass is 9.88. The van der Waals surface area contributed by atoms with Crippen LogP contribution >= 0.6 is 0 Å². The predicted octanol–water partition coefficient (Wildman–Crippen LogP) is 0.707. The second-order valence-corrected chi connectivity index (χ2v) is 4.14. The molecule has 19 heavy (non-hydrogen) atoms. The highest BCUT2D eigenvalue weighted by Gasteiger charge is 2.43. The summed E-state index contributed by atoms with van der Waals surface area (Å²) in [7, 11) is 0. The van der Waals surface area contributed by atoms with E-state index in [1.165, 1.54) is 6.92 Å². The van der Waals surface area contributed by atoms with Crippen LogP contribution in [-0.4, -0.2) is 33.7 Å². The first-order valence-electron chi connectivity index (χ1n) is 5.31. The van der Waals surface area contributed by atoms with Crippen LogP contribution in [0.25, 0.3) is 0 Å². The Labute approximate surface area is 106 Å². The molecule has 0 atom stereocenters. The van der Waals surface area contributed by atoms with Gasteiger partial charge in [0, 0.05) is 5.56 Å². The summed E-state index contributed by atoms with van der Waals surface area (Å²) in [4.78, 5) is 24.2. The van der Waals surface area contributed by atoms with Gasteiger partial charge in [0.2, 0.25) is 29.9 Å². The monoisotopic (exact) mass is 264 g/mol. The third-order valence-electron chi connectivity index (χ3n) is 3.14. The average molecular weight is 264 g/mol. The standard InChI is InChI=1S/C12H8O7/c1-3-6(13)4-5(8(15)7(3)14)10(17)12-11(9(4)16)18-2-19-12/h13-15H,2H2,1H3. The van der Waals surface area contributed by atoms with Gasteiger partial charge in [0.1, 0.15) is 5.75 Å². The quantitative estimate of drug-likeness (QED) is 0.467. The minimum Gasteiger partial charge on any atom is -0.507 e. The Balaban J connectivity index is 2.40. The first-order valence-corrected chi connectivity index (χ1v) is 5.31. The molecule has 1 aromatic carbocycles. The Morgan fingerprint density at radius 1 is 0.842 bits per heavy atom. The molecule has 7 nitrogen and oxygen atoms in total. The lowest BCUT2D eigenvalue weighted by Crippen LogP contribution is -2.21. The zero-order valence-electron chi connectivity index (χ0n) is 9.68. The van der Waals surface area contributed by atoms with Gasteiger partial charge in [-0.2, -0.15) is 0 Å². The number of rotatable bonds is 0. The number of phenolic OH excluding ortho intramolecular Hbond substituents is 3. The Morgan fingerprint density at radius 2 is 1.32 bits per heavy atom. The number of fused-ring (bicyclic) bond motifs is 1. The van der Waals surface area contributed by atoms with Crippen molar-refractivity contribution in [2.75, 3.05) is 6.79 Å². The highest BCUT2D eigenvalue weighted by Crippen LogP contribution is 2.46. The number of hydrogen-bond acceptors (Lipinski definition) is 7.